The lowest BCUT2D eigenvalue weighted by Gasteiger charge is -2.35. The fourth-order valence-electron chi connectivity index (χ4n) is 8.08. The summed E-state index contributed by atoms with van der Waals surface area (Å²) >= 11 is 1.87. The fourth-order valence-corrected chi connectivity index (χ4v) is 9.30. The molecule has 6 aromatic carbocycles. The van der Waals surface area contributed by atoms with E-state index in [1.807, 2.05) is 17.4 Å². The van der Waals surface area contributed by atoms with Crippen LogP contribution in [0, 0.1) is 0 Å². The molecule has 7 aromatic rings. The standard InChI is InChI=1S/C48H46BNO2S/c1-46(2,3)29-17-22-32(23-18-29)50(33-24-19-30(20-25-33)47(4,5)6)36-28-40-44(42-34-13-10-11-16-41(34)53-45(36)42)49-35-27-31(48(7,8)9)21-26-37(35)51-38-14-12-15-39(52-40)43(38)49/h10-28H,1-9H3. The molecular weight excluding hydrogens is 665 g/mol. The van der Waals surface area contributed by atoms with Gasteiger partial charge in [-0.05, 0) is 92.4 Å². The number of rotatable bonds is 3. The highest BCUT2D eigenvalue weighted by molar-refractivity contribution is 7.27. The van der Waals surface area contributed by atoms with Crippen molar-refractivity contribution >= 4 is 71.7 Å². The molecule has 2 aliphatic heterocycles. The van der Waals surface area contributed by atoms with Crippen molar-refractivity contribution in [1.29, 1.82) is 0 Å². The van der Waals surface area contributed by atoms with Crippen LogP contribution in [0.15, 0.2) is 115 Å². The number of hydrogen-bond donors (Lipinski definition) is 0. The lowest BCUT2D eigenvalue weighted by molar-refractivity contribution is 0.464. The molecule has 0 aliphatic carbocycles. The summed E-state index contributed by atoms with van der Waals surface area (Å²) in [6.07, 6.45) is 0. The monoisotopic (exact) mass is 711 g/mol. The van der Waals surface area contributed by atoms with Crippen molar-refractivity contribution in [2.75, 3.05) is 4.90 Å². The lowest BCUT2D eigenvalue weighted by Crippen LogP contribution is -2.57. The summed E-state index contributed by atoms with van der Waals surface area (Å²) in [5.41, 5.74) is 10.9. The number of fused-ring (bicyclic) bond motifs is 8. The molecule has 264 valence electrons. The van der Waals surface area contributed by atoms with E-state index in [0.717, 1.165) is 45.5 Å². The minimum Gasteiger partial charge on any atom is -0.458 e. The maximum atomic E-state index is 7.05. The Balaban J connectivity index is 1.35. The number of benzene rings is 6. The largest absolute Gasteiger partial charge is 0.458 e. The molecule has 5 heteroatoms. The van der Waals surface area contributed by atoms with Crippen LogP contribution < -0.4 is 30.8 Å². The van der Waals surface area contributed by atoms with Crippen LogP contribution >= 0.6 is 11.3 Å². The van der Waals surface area contributed by atoms with Gasteiger partial charge in [-0.25, -0.2) is 0 Å². The van der Waals surface area contributed by atoms with E-state index in [1.54, 1.807) is 0 Å². The second-order valence-electron chi connectivity index (χ2n) is 17.8. The normalized spacial score (nSPS) is 13.6. The van der Waals surface area contributed by atoms with Gasteiger partial charge in [-0.15, -0.1) is 11.3 Å². The molecule has 0 saturated heterocycles. The van der Waals surface area contributed by atoms with E-state index in [4.69, 9.17) is 9.47 Å². The first-order valence-electron chi connectivity index (χ1n) is 18.8. The minimum atomic E-state index is -0.0452. The van der Waals surface area contributed by atoms with Crippen LogP contribution in [0.5, 0.6) is 23.0 Å². The Morgan fingerprint density at radius 1 is 0.509 bits per heavy atom. The zero-order valence-electron chi connectivity index (χ0n) is 32.2. The predicted octanol–water partition coefficient (Wildman–Crippen LogP) is 12.1. The van der Waals surface area contributed by atoms with Crippen LogP contribution in [0.1, 0.15) is 79.0 Å². The number of thiophene rings is 1. The highest BCUT2D eigenvalue weighted by atomic mass is 32.1. The Kier molecular flexibility index (Phi) is 7.50. The topological polar surface area (TPSA) is 21.7 Å². The highest BCUT2D eigenvalue weighted by Crippen LogP contribution is 2.49. The summed E-state index contributed by atoms with van der Waals surface area (Å²) < 4.78 is 16.2. The molecule has 0 unspecified atom stereocenters. The molecule has 0 fully saturated rings. The van der Waals surface area contributed by atoms with Gasteiger partial charge in [0.25, 0.3) is 6.71 Å². The Morgan fingerprint density at radius 3 is 1.64 bits per heavy atom. The van der Waals surface area contributed by atoms with Crippen molar-refractivity contribution in [2.45, 2.75) is 78.6 Å². The van der Waals surface area contributed by atoms with E-state index in [-0.39, 0.29) is 23.0 Å². The Hall–Kier alpha value is -5.00. The molecule has 0 spiro atoms. The van der Waals surface area contributed by atoms with E-state index in [2.05, 4.69) is 176 Å². The maximum absolute atomic E-state index is 7.05. The molecule has 0 bridgehead atoms. The summed E-state index contributed by atoms with van der Waals surface area (Å²) in [5, 5.41) is 2.50. The number of hydrogen-bond acceptors (Lipinski definition) is 4. The van der Waals surface area contributed by atoms with Gasteiger partial charge in [0.2, 0.25) is 0 Å². The first-order valence-corrected chi connectivity index (χ1v) is 19.6. The van der Waals surface area contributed by atoms with Crippen molar-refractivity contribution in [3.8, 4) is 23.0 Å². The average Bonchev–Trinajstić information content (AvgIpc) is 3.51. The van der Waals surface area contributed by atoms with Crippen molar-refractivity contribution in [2.24, 2.45) is 0 Å². The SMILES string of the molecule is CC(C)(C)c1ccc(N(c2ccc(C(C)(C)C)cc2)c2cc3c(c4c2sc2ccccc24)B2c4cc(C(C)(C)C)ccc4Oc4cccc(c42)O3)cc1. The summed E-state index contributed by atoms with van der Waals surface area (Å²) in [4.78, 5) is 2.43. The molecule has 0 N–H and O–H groups in total. The molecule has 3 heterocycles. The first kappa shape index (κ1) is 33.8. The number of ether oxygens (including phenoxy) is 2. The van der Waals surface area contributed by atoms with E-state index >= 15 is 0 Å². The van der Waals surface area contributed by atoms with Gasteiger partial charge >= 0.3 is 0 Å². The molecule has 3 nitrogen and oxygen atoms in total. The zero-order chi connectivity index (χ0) is 37.0. The van der Waals surface area contributed by atoms with Gasteiger partial charge in [-0.1, -0.05) is 123 Å². The summed E-state index contributed by atoms with van der Waals surface area (Å²) in [6, 6.07) is 42.4. The van der Waals surface area contributed by atoms with Crippen molar-refractivity contribution in [1.82, 2.24) is 0 Å². The predicted molar refractivity (Wildman–Crippen MR) is 228 cm³/mol. The molecule has 9 rings (SSSR count). The minimum absolute atomic E-state index is 0.0113. The van der Waals surface area contributed by atoms with Crippen LogP contribution in [0.4, 0.5) is 17.1 Å². The van der Waals surface area contributed by atoms with E-state index in [0.29, 0.717) is 0 Å². The molecule has 1 aromatic heterocycles. The number of nitrogens with zero attached hydrogens (tertiary/aromatic N) is 1. The molecule has 0 atom stereocenters. The second kappa shape index (κ2) is 11.8. The van der Waals surface area contributed by atoms with Gasteiger partial charge < -0.3 is 14.4 Å². The molecule has 0 radical (unpaired) electrons. The molecule has 0 saturated carbocycles. The Bertz CT molecular complexity index is 2510. The smallest absolute Gasteiger partial charge is 0.261 e. The maximum Gasteiger partial charge on any atom is 0.261 e. The molecular formula is C48H46BNO2S. The third-order valence-electron chi connectivity index (χ3n) is 11.1. The highest BCUT2D eigenvalue weighted by Gasteiger charge is 2.43. The average molecular weight is 712 g/mol. The van der Waals surface area contributed by atoms with Crippen molar-refractivity contribution in [3.63, 3.8) is 0 Å². The number of anilines is 3. The Labute approximate surface area is 318 Å². The molecule has 53 heavy (non-hydrogen) atoms. The lowest BCUT2D eigenvalue weighted by atomic mass is 9.34. The Morgan fingerprint density at radius 2 is 1.06 bits per heavy atom. The van der Waals surface area contributed by atoms with E-state index in [9.17, 15) is 0 Å². The van der Waals surface area contributed by atoms with Crippen LogP contribution in [0.2, 0.25) is 0 Å². The van der Waals surface area contributed by atoms with Crippen LogP contribution in [0.3, 0.4) is 0 Å². The van der Waals surface area contributed by atoms with Crippen molar-refractivity contribution < 1.29 is 9.47 Å². The quantitative estimate of drug-likeness (QED) is 0.170. The zero-order valence-corrected chi connectivity index (χ0v) is 33.0. The van der Waals surface area contributed by atoms with Crippen LogP contribution in [-0.4, -0.2) is 6.71 Å². The van der Waals surface area contributed by atoms with Gasteiger partial charge in [-0.3, -0.25) is 0 Å². The third-order valence-corrected chi connectivity index (χ3v) is 12.3. The third kappa shape index (κ3) is 5.55. The second-order valence-corrected chi connectivity index (χ2v) is 18.9. The van der Waals surface area contributed by atoms with Gasteiger partial charge in [0.15, 0.2) is 0 Å². The van der Waals surface area contributed by atoms with Gasteiger partial charge in [0.1, 0.15) is 23.0 Å². The summed E-state index contributed by atoms with van der Waals surface area (Å²) in [6.45, 7) is 20.4. The van der Waals surface area contributed by atoms with Gasteiger partial charge in [0, 0.05) is 38.4 Å². The van der Waals surface area contributed by atoms with Gasteiger partial charge in [0.05, 0.1) is 10.4 Å². The first-order chi connectivity index (χ1) is 25.2. The fraction of sp³-hybridized carbons (Fsp3) is 0.250. The summed E-state index contributed by atoms with van der Waals surface area (Å²) in [7, 11) is 0. The van der Waals surface area contributed by atoms with E-state index < -0.39 is 0 Å². The van der Waals surface area contributed by atoms with Crippen molar-refractivity contribution in [3.05, 3.63) is 132 Å². The van der Waals surface area contributed by atoms with Gasteiger partial charge in [-0.2, -0.15) is 0 Å². The molecule has 0 amide bonds. The van der Waals surface area contributed by atoms with Crippen LogP contribution in [0.25, 0.3) is 20.2 Å². The van der Waals surface area contributed by atoms with E-state index in [1.165, 1.54) is 47.8 Å². The summed E-state index contributed by atoms with van der Waals surface area (Å²) in [5.74, 6) is 3.52. The molecule has 2 aliphatic rings. The van der Waals surface area contributed by atoms with Crippen LogP contribution in [-0.2, 0) is 16.2 Å².